The van der Waals surface area contributed by atoms with Gasteiger partial charge in [0, 0.05) is 19.7 Å². The number of benzene rings is 1. The fourth-order valence-corrected chi connectivity index (χ4v) is 3.32. The molecule has 1 aromatic heterocycles. The van der Waals surface area contributed by atoms with Crippen molar-refractivity contribution in [2.45, 2.75) is 71.1 Å². The largest absolute Gasteiger partial charge is 0.490 e. The molecule has 0 atom stereocenters. The number of nitrogens with zero attached hydrogens (tertiary/aromatic N) is 2. The van der Waals surface area contributed by atoms with Crippen LogP contribution in [0.25, 0.3) is 0 Å². The van der Waals surface area contributed by atoms with E-state index < -0.39 is 0 Å². The Labute approximate surface area is 190 Å². The highest BCUT2D eigenvalue weighted by atomic mass is 127. The van der Waals surface area contributed by atoms with Gasteiger partial charge in [0.05, 0.1) is 18.3 Å². The molecule has 1 aliphatic rings. The molecule has 0 bridgehead atoms. The second-order valence-corrected chi connectivity index (χ2v) is 7.67. The molecule has 0 spiro atoms. The topological polar surface area (TPSA) is 71.7 Å². The number of ether oxygens (including phenoxy) is 1. The summed E-state index contributed by atoms with van der Waals surface area (Å²) in [6, 6.07) is 10.3. The van der Waals surface area contributed by atoms with Gasteiger partial charge in [0.2, 0.25) is 0 Å². The summed E-state index contributed by atoms with van der Waals surface area (Å²) in [5, 5.41) is 10.7. The summed E-state index contributed by atoms with van der Waals surface area (Å²) in [6.07, 6.45) is 6.64. The third-order valence-electron chi connectivity index (χ3n) is 5.06. The molecule has 6 nitrogen and oxygen atoms in total. The minimum absolute atomic E-state index is 0. The smallest absolute Gasteiger partial charge is 0.191 e. The van der Waals surface area contributed by atoms with E-state index in [2.05, 4.69) is 58.9 Å². The van der Waals surface area contributed by atoms with Crippen molar-refractivity contribution in [3.05, 3.63) is 47.3 Å². The lowest BCUT2D eigenvalue weighted by Gasteiger charge is -2.23. The zero-order valence-electron chi connectivity index (χ0n) is 17.6. The summed E-state index contributed by atoms with van der Waals surface area (Å²) in [5.74, 6) is 2.85. The molecule has 1 saturated carbocycles. The van der Waals surface area contributed by atoms with Gasteiger partial charge in [0.1, 0.15) is 5.75 Å². The molecule has 1 aromatic carbocycles. The fourth-order valence-electron chi connectivity index (χ4n) is 3.32. The molecule has 0 unspecified atom stereocenters. The van der Waals surface area contributed by atoms with Gasteiger partial charge in [-0.1, -0.05) is 37.6 Å². The van der Waals surface area contributed by atoms with Crippen LogP contribution in [0.4, 0.5) is 0 Å². The first kappa shape index (κ1) is 23.5. The standard InChI is InChI=1S/C22H32N4O2.HI/c1-16(2)21-13-20(28-26-21)15-25-22(23-3)24-14-17-9-11-19(12-10-17)27-18-7-5-4-6-8-18;/h9-13,16,18H,4-8,14-15H2,1-3H3,(H2,23,24,25);1H. The average molecular weight is 512 g/mol. The molecule has 7 heteroatoms. The highest BCUT2D eigenvalue weighted by Gasteiger charge is 2.14. The van der Waals surface area contributed by atoms with Crippen LogP contribution in [0.1, 0.15) is 68.9 Å². The fraction of sp³-hybridized carbons (Fsp3) is 0.545. The predicted octanol–water partition coefficient (Wildman–Crippen LogP) is 4.99. The minimum Gasteiger partial charge on any atom is -0.490 e. The predicted molar refractivity (Wildman–Crippen MR) is 127 cm³/mol. The van der Waals surface area contributed by atoms with Gasteiger partial charge >= 0.3 is 0 Å². The van der Waals surface area contributed by atoms with Gasteiger partial charge in [-0.15, -0.1) is 24.0 Å². The van der Waals surface area contributed by atoms with Gasteiger partial charge in [0.25, 0.3) is 0 Å². The summed E-state index contributed by atoms with van der Waals surface area (Å²) in [4.78, 5) is 4.26. The van der Waals surface area contributed by atoms with Gasteiger partial charge in [0.15, 0.2) is 11.7 Å². The van der Waals surface area contributed by atoms with Crippen molar-refractivity contribution < 1.29 is 9.26 Å². The first-order valence-corrected chi connectivity index (χ1v) is 10.3. The number of aliphatic imine (C=N–C) groups is 1. The Bertz CT molecular complexity index is 752. The maximum Gasteiger partial charge on any atom is 0.191 e. The Balaban J connectivity index is 0.00000300. The van der Waals surface area contributed by atoms with Gasteiger partial charge < -0.3 is 19.9 Å². The van der Waals surface area contributed by atoms with E-state index in [1.165, 1.54) is 37.7 Å². The first-order valence-electron chi connectivity index (χ1n) is 10.3. The Morgan fingerprint density at radius 1 is 1.14 bits per heavy atom. The molecular weight excluding hydrogens is 479 g/mol. The quantitative estimate of drug-likeness (QED) is 0.311. The van der Waals surface area contributed by atoms with Crippen LogP contribution in [0.3, 0.4) is 0 Å². The summed E-state index contributed by atoms with van der Waals surface area (Å²) in [7, 11) is 1.76. The van der Waals surface area contributed by atoms with Crippen LogP contribution < -0.4 is 15.4 Å². The molecule has 2 aromatic rings. The number of rotatable bonds is 7. The molecule has 0 aliphatic heterocycles. The Kier molecular flexibility index (Phi) is 9.76. The minimum atomic E-state index is 0. The number of halogens is 1. The van der Waals surface area contributed by atoms with E-state index in [0.717, 1.165) is 23.2 Å². The summed E-state index contributed by atoms with van der Waals surface area (Å²) in [5.41, 5.74) is 2.15. The lowest BCUT2D eigenvalue weighted by Crippen LogP contribution is -2.36. The lowest BCUT2D eigenvalue weighted by atomic mass is 9.98. The van der Waals surface area contributed by atoms with E-state index in [-0.39, 0.29) is 24.0 Å². The Morgan fingerprint density at radius 3 is 2.45 bits per heavy atom. The number of nitrogens with one attached hydrogen (secondary N) is 2. The second-order valence-electron chi connectivity index (χ2n) is 7.67. The molecule has 29 heavy (non-hydrogen) atoms. The summed E-state index contributed by atoms with van der Waals surface area (Å²) < 4.78 is 11.4. The van der Waals surface area contributed by atoms with Gasteiger partial charge in [-0.2, -0.15) is 0 Å². The van der Waals surface area contributed by atoms with Gasteiger partial charge in [-0.3, -0.25) is 4.99 Å². The van der Waals surface area contributed by atoms with Crippen molar-refractivity contribution in [1.82, 2.24) is 15.8 Å². The van der Waals surface area contributed by atoms with Crippen LogP contribution in [0.2, 0.25) is 0 Å². The van der Waals surface area contributed by atoms with Crippen LogP contribution in [0.5, 0.6) is 5.75 Å². The summed E-state index contributed by atoms with van der Waals surface area (Å²) >= 11 is 0. The monoisotopic (exact) mass is 512 g/mol. The molecule has 1 heterocycles. The normalized spacial score (nSPS) is 15.1. The van der Waals surface area contributed by atoms with Crippen molar-refractivity contribution in [1.29, 1.82) is 0 Å². The van der Waals surface area contributed by atoms with E-state index in [4.69, 9.17) is 9.26 Å². The van der Waals surface area contributed by atoms with E-state index >= 15 is 0 Å². The molecule has 0 saturated heterocycles. The van der Waals surface area contributed by atoms with Crippen LogP contribution in [-0.4, -0.2) is 24.3 Å². The number of hydrogen-bond donors (Lipinski definition) is 2. The molecule has 1 fully saturated rings. The molecule has 0 amide bonds. The van der Waals surface area contributed by atoms with Crippen molar-refractivity contribution in [3.63, 3.8) is 0 Å². The van der Waals surface area contributed by atoms with E-state index in [1.807, 2.05) is 6.07 Å². The third-order valence-corrected chi connectivity index (χ3v) is 5.06. The molecule has 160 valence electrons. The van der Waals surface area contributed by atoms with Crippen molar-refractivity contribution >= 4 is 29.9 Å². The highest BCUT2D eigenvalue weighted by molar-refractivity contribution is 14.0. The maximum absolute atomic E-state index is 6.09. The highest BCUT2D eigenvalue weighted by Crippen LogP contribution is 2.23. The Hall–Kier alpha value is -1.77. The zero-order valence-corrected chi connectivity index (χ0v) is 19.9. The molecule has 2 N–H and O–H groups in total. The summed E-state index contributed by atoms with van der Waals surface area (Å²) in [6.45, 7) is 5.44. The van der Waals surface area contributed by atoms with Crippen LogP contribution in [-0.2, 0) is 13.1 Å². The van der Waals surface area contributed by atoms with Crippen molar-refractivity contribution in [3.8, 4) is 5.75 Å². The molecule has 3 rings (SSSR count). The average Bonchev–Trinajstić information content (AvgIpc) is 3.19. The number of guanidine groups is 1. The van der Waals surface area contributed by atoms with Crippen LogP contribution >= 0.6 is 24.0 Å². The maximum atomic E-state index is 6.09. The first-order chi connectivity index (χ1) is 13.6. The number of aromatic nitrogens is 1. The van der Waals surface area contributed by atoms with Crippen molar-refractivity contribution in [2.75, 3.05) is 7.05 Å². The molecular formula is C22H33IN4O2. The number of hydrogen-bond acceptors (Lipinski definition) is 4. The van der Waals surface area contributed by atoms with Gasteiger partial charge in [-0.25, -0.2) is 0 Å². The zero-order chi connectivity index (χ0) is 19.8. The molecule has 1 aliphatic carbocycles. The van der Waals surface area contributed by atoms with Crippen molar-refractivity contribution in [2.24, 2.45) is 4.99 Å². The lowest BCUT2D eigenvalue weighted by molar-refractivity contribution is 0.155. The van der Waals surface area contributed by atoms with Crippen LogP contribution in [0, 0.1) is 0 Å². The van der Waals surface area contributed by atoms with E-state index in [0.29, 0.717) is 25.1 Å². The Morgan fingerprint density at radius 2 is 1.83 bits per heavy atom. The van der Waals surface area contributed by atoms with E-state index in [1.54, 1.807) is 7.05 Å². The third kappa shape index (κ3) is 7.53. The SMILES string of the molecule is CN=C(NCc1ccc(OC2CCCCC2)cc1)NCc1cc(C(C)C)no1.I. The second kappa shape index (κ2) is 12.0. The van der Waals surface area contributed by atoms with E-state index in [9.17, 15) is 0 Å². The van der Waals surface area contributed by atoms with Gasteiger partial charge in [-0.05, 0) is 49.3 Å². The molecule has 0 radical (unpaired) electrons. The van der Waals surface area contributed by atoms with Crippen LogP contribution in [0.15, 0.2) is 39.8 Å².